The van der Waals surface area contributed by atoms with Gasteiger partial charge in [-0.3, -0.25) is 14.5 Å². The molecule has 0 aliphatic carbocycles. The third-order valence-electron chi connectivity index (χ3n) is 5.83. The maximum absolute atomic E-state index is 12.9. The van der Waals surface area contributed by atoms with Crippen molar-refractivity contribution in [3.05, 3.63) is 35.4 Å². The Balaban J connectivity index is 0.00000280. The average Bonchev–Trinajstić information content (AvgIpc) is 2.86. The SMILES string of the molecule is Cc1ccc(C2(C)NC(=O)N(CC(=O)N3CCC(C(C)N)CC3)C2=O)cc1.Cl. The highest BCUT2D eigenvalue weighted by molar-refractivity contribution is 6.09. The number of piperidine rings is 1. The first kappa shape index (κ1) is 22.2. The third kappa shape index (κ3) is 4.15. The van der Waals surface area contributed by atoms with Crippen LogP contribution in [-0.2, 0) is 15.1 Å². The Morgan fingerprint density at radius 3 is 2.36 bits per heavy atom. The fourth-order valence-electron chi connectivity index (χ4n) is 3.83. The molecule has 8 heteroatoms. The summed E-state index contributed by atoms with van der Waals surface area (Å²) in [7, 11) is 0. The van der Waals surface area contributed by atoms with Gasteiger partial charge in [0.1, 0.15) is 12.1 Å². The molecule has 2 atom stereocenters. The van der Waals surface area contributed by atoms with Crippen molar-refractivity contribution in [2.24, 2.45) is 11.7 Å². The van der Waals surface area contributed by atoms with Crippen LogP contribution in [0.1, 0.15) is 37.8 Å². The number of halogens is 1. The van der Waals surface area contributed by atoms with E-state index in [1.807, 2.05) is 38.1 Å². The maximum atomic E-state index is 12.9. The number of nitrogens with one attached hydrogen (secondary N) is 1. The van der Waals surface area contributed by atoms with Crippen LogP contribution >= 0.6 is 12.4 Å². The Morgan fingerprint density at radius 1 is 1.25 bits per heavy atom. The molecule has 2 fully saturated rings. The van der Waals surface area contributed by atoms with Gasteiger partial charge in [0.05, 0.1) is 0 Å². The standard InChI is InChI=1S/C20H28N4O3.ClH/c1-13-4-6-16(7-5-13)20(3)18(26)24(19(27)22-20)12-17(25)23-10-8-15(9-11-23)14(2)21;/h4-7,14-15H,8-12,21H2,1-3H3,(H,22,27);1H. The molecule has 28 heavy (non-hydrogen) atoms. The van der Waals surface area contributed by atoms with Gasteiger partial charge in [-0.15, -0.1) is 12.4 Å². The van der Waals surface area contributed by atoms with Crippen LogP contribution < -0.4 is 11.1 Å². The molecule has 0 spiro atoms. The second-order valence-electron chi connectivity index (χ2n) is 7.89. The lowest BCUT2D eigenvalue weighted by Gasteiger charge is -2.34. The molecule has 0 aromatic heterocycles. The predicted octanol–water partition coefficient (Wildman–Crippen LogP) is 1.77. The summed E-state index contributed by atoms with van der Waals surface area (Å²) in [6.07, 6.45) is 1.70. The number of hydrogen-bond acceptors (Lipinski definition) is 4. The van der Waals surface area contributed by atoms with Crippen LogP contribution in [0.3, 0.4) is 0 Å². The molecule has 2 aliphatic heterocycles. The van der Waals surface area contributed by atoms with Crippen LogP contribution in [0.25, 0.3) is 0 Å². The molecule has 154 valence electrons. The van der Waals surface area contributed by atoms with E-state index in [0.717, 1.165) is 23.3 Å². The van der Waals surface area contributed by atoms with Crippen LogP contribution in [0.2, 0.25) is 0 Å². The highest BCUT2D eigenvalue weighted by Gasteiger charge is 2.49. The number of amides is 4. The molecule has 0 radical (unpaired) electrons. The van der Waals surface area contributed by atoms with Gasteiger partial charge in [-0.05, 0) is 45.1 Å². The molecular weight excluding hydrogens is 380 g/mol. The Morgan fingerprint density at radius 2 is 1.82 bits per heavy atom. The minimum Gasteiger partial charge on any atom is -0.341 e. The number of nitrogens with two attached hydrogens (primary N) is 1. The minimum atomic E-state index is -1.15. The number of urea groups is 1. The van der Waals surface area contributed by atoms with Gasteiger partial charge in [-0.25, -0.2) is 4.79 Å². The monoisotopic (exact) mass is 408 g/mol. The average molecular weight is 409 g/mol. The van der Waals surface area contributed by atoms with E-state index in [-0.39, 0.29) is 30.9 Å². The number of hydrogen-bond donors (Lipinski definition) is 2. The van der Waals surface area contributed by atoms with E-state index >= 15 is 0 Å². The number of imide groups is 1. The molecule has 1 aromatic carbocycles. The molecule has 2 aliphatic rings. The molecule has 3 N–H and O–H groups in total. The smallest absolute Gasteiger partial charge is 0.325 e. The number of carbonyl (C=O) groups excluding carboxylic acids is 3. The van der Waals surface area contributed by atoms with Crippen molar-refractivity contribution >= 4 is 30.3 Å². The van der Waals surface area contributed by atoms with E-state index in [2.05, 4.69) is 5.32 Å². The zero-order chi connectivity index (χ0) is 19.8. The van der Waals surface area contributed by atoms with Crippen molar-refractivity contribution in [3.63, 3.8) is 0 Å². The summed E-state index contributed by atoms with van der Waals surface area (Å²) < 4.78 is 0. The third-order valence-corrected chi connectivity index (χ3v) is 5.83. The van der Waals surface area contributed by atoms with Crippen molar-refractivity contribution in [3.8, 4) is 0 Å². The number of rotatable bonds is 4. The summed E-state index contributed by atoms with van der Waals surface area (Å²) in [5.41, 5.74) is 6.57. The maximum Gasteiger partial charge on any atom is 0.325 e. The molecule has 2 heterocycles. The van der Waals surface area contributed by atoms with Gasteiger partial charge in [0, 0.05) is 19.1 Å². The first-order valence-electron chi connectivity index (χ1n) is 9.47. The van der Waals surface area contributed by atoms with E-state index in [1.54, 1.807) is 11.8 Å². The van der Waals surface area contributed by atoms with Crippen molar-refractivity contribution in [1.29, 1.82) is 0 Å². The van der Waals surface area contributed by atoms with Gasteiger partial charge < -0.3 is 16.0 Å². The second kappa shape index (κ2) is 8.49. The van der Waals surface area contributed by atoms with Crippen LogP contribution in [0.4, 0.5) is 4.79 Å². The summed E-state index contributed by atoms with van der Waals surface area (Å²) >= 11 is 0. The van der Waals surface area contributed by atoms with E-state index < -0.39 is 17.5 Å². The van der Waals surface area contributed by atoms with Crippen molar-refractivity contribution in [2.45, 2.75) is 45.2 Å². The summed E-state index contributed by atoms with van der Waals surface area (Å²) in [6, 6.07) is 7.05. The van der Waals surface area contributed by atoms with E-state index in [0.29, 0.717) is 24.6 Å². The lowest BCUT2D eigenvalue weighted by atomic mass is 9.91. The Kier molecular flexibility index (Phi) is 6.72. The van der Waals surface area contributed by atoms with Crippen LogP contribution in [0, 0.1) is 12.8 Å². The largest absolute Gasteiger partial charge is 0.341 e. The van der Waals surface area contributed by atoms with E-state index in [1.165, 1.54) is 0 Å². The van der Waals surface area contributed by atoms with E-state index in [9.17, 15) is 14.4 Å². The summed E-state index contributed by atoms with van der Waals surface area (Å²) in [5.74, 6) is -0.180. The normalized spacial score (nSPS) is 24.0. The molecule has 0 saturated carbocycles. The Bertz CT molecular complexity index is 744. The number of aryl methyl sites for hydroxylation is 1. The zero-order valence-electron chi connectivity index (χ0n) is 16.6. The van der Waals surface area contributed by atoms with Crippen LogP contribution in [-0.4, -0.2) is 53.3 Å². The molecule has 4 amide bonds. The topological polar surface area (TPSA) is 95.7 Å². The molecule has 3 rings (SSSR count). The van der Waals surface area contributed by atoms with Crippen molar-refractivity contribution in [1.82, 2.24) is 15.1 Å². The summed E-state index contributed by atoms with van der Waals surface area (Å²) in [4.78, 5) is 40.7. The molecule has 2 unspecified atom stereocenters. The quantitative estimate of drug-likeness (QED) is 0.742. The van der Waals surface area contributed by atoms with Gasteiger partial charge in [-0.2, -0.15) is 0 Å². The van der Waals surface area contributed by atoms with Gasteiger partial charge in [0.25, 0.3) is 5.91 Å². The predicted molar refractivity (Wildman–Crippen MR) is 109 cm³/mol. The molecular formula is C20H29ClN4O3. The van der Waals surface area contributed by atoms with Gasteiger partial charge >= 0.3 is 6.03 Å². The lowest BCUT2D eigenvalue weighted by Crippen LogP contribution is -2.48. The number of carbonyl (C=O) groups is 3. The molecule has 2 saturated heterocycles. The first-order chi connectivity index (χ1) is 12.7. The second-order valence-corrected chi connectivity index (χ2v) is 7.89. The number of nitrogens with zero attached hydrogens (tertiary/aromatic N) is 2. The lowest BCUT2D eigenvalue weighted by molar-refractivity contribution is -0.139. The fraction of sp³-hybridized carbons (Fsp3) is 0.550. The highest BCUT2D eigenvalue weighted by Crippen LogP contribution is 2.29. The summed E-state index contributed by atoms with van der Waals surface area (Å²) in [6.45, 7) is 6.63. The van der Waals surface area contributed by atoms with Crippen molar-refractivity contribution in [2.75, 3.05) is 19.6 Å². The minimum absolute atomic E-state index is 0. The van der Waals surface area contributed by atoms with Crippen LogP contribution in [0.15, 0.2) is 24.3 Å². The van der Waals surface area contributed by atoms with Gasteiger partial charge in [0.15, 0.2) is 0 Å². The highest BCUT2D eigenvalue weighted by atomic mass is 35.5. The summed E-state index contributed by atoms with van der Waals surface area (Å²) in [5, 5.41) is 2.75. The first-order valence-corrected chi connectivity index (χ1v) is 9.47. The molecule has 1 aromatic rings. The van der Waals surface area contributed by atoms with Gasteiger partial charge in [0.2, 0.25) is 5.91 Å². The van der Waals surface area contributed by atoms with Crippen molar-refractivity contribution < 1.29 is 14.4 Å². The Hall–Kier alpha value is -2.12. The van der Waals surface area contributed by atoms with Crippen LogP contribution in [0.5, 0.6) is 0 Å². The molecule has 7 nitrogen and oxygen atoms in total. The zero-order valence-corrected chi connectivity index (χ0v) is 17.4. The fourth-order valence-corrected chi connectivity index (χ4v) is 3.83. The number of benzene rings is 1. The molecule has 0 bridgehead atoms. The Labute approximate surface area is 172 Å². The van der Waals surface area contributed by atoms with Gasteiger partial charge in [-0.1, -0.05) is 29.8 Å². The van der Waals surface area contributed by atoms with E-state index in [4.69, 9.17) is 5.73 Å². The number of likely N-dealkylation sites (tertiary alicyclic amines) is 1.